The summed E-state index contributed by atoms with van der Waals surface area (Å²) in [6.07, 6.45) is -0.788. The fourth-order valence-electron chi connectivity index (χ4n) is 4.09. The molecule has 3 aromatic rings. The van der Waals surface area contributed by atoms with Crippen LogP contribution >= 0.6 is 11.6 Å². The average molecular weight is 565 g/mol. The maximum atomic E-state index is 14.0. The van der Waals surface area contributed by atoms with Gasteiger partial charge in [0, 0.05) is 34.8 Å². The number of alkyl carbamates (subject to hydrolysis) is 1. The van der Waals surface area contributed by atoms with Crippen LogP contribution in [-0.2, 0) is 27.4 Å². The van der Waals surface area contributed by atoms with Gasteiger partial charge in [-0.05, 0) is 56.7 Å². The number of hydrogen-bond acceptors (Lipinski definition) is 5. The third-order valence-corrected chi connectivity index (χ3v) is 6.17. The van der Waals surface area contributed by atoms with E-state index in [1.54, 1.807) is 57.2 Å². The average Bonchev–Trinajstić information content (AvgIpc) is 3.02. The van der Waals surface area contributed by atoms with E-state index >= 15 is 0 Å². The number of benzodiazepines with no additional fused rings is 1. The van der Waals surface area contributed by atoms with Crippen LogP contribution in [0.1, 0.15) is 49.4 Å². The first-order chi connectivity index (χ1) is 19.0. The molecule has 10 heteroatoms. The second-order valence-corrected chi connectivity index (χ2v) is 10.7. The van der Waals surface area contributed by atoms with Gasteiger partial charge in [-0.25, -0.2) is 9.18 Å². The van der Waals surface area contributed by atoms with E-state index in [4.69, 9.17) is 21.3 Å². The smallest absolute Gasteiger partial charge is 0.407 e. The van der Waals surface area contributed by atoms with Crippen LogP contribution < -0.4 is 16.0 Å². The van der Waals surface area contributed by atoms with Crippen molar-refractivity contribution < 1.29 is 23.5 Å². The molecule has 8 nitrogen and oxygen atoms in total. The Labute approximate surface area is 237 Å². The predicted octanol–water partition coefficient (Wildman–Crippen LogP) is 5.37. The second kappa shape index (κ2) is 12.3. The molecular formula is C30H30ClFN4O4. The summed E-state index contributed by atoms with van der Waals surface area (Å²) in [5.41, 5.74) is 2.70. The minimum absolute atomic E-state index is 0.0149. The Morgan fingerprint density at radius 2 is 1.80 bits per heavy atom. The number of rotatable bonds is 7. The normalized spacial score (nSPS) is 14.8. The van der Waals surface area contributed by atoms with E-state index in [2.05, 4.69) is 16.0 Å². The van der Waals surface area contributed by atoms with Gasteiger partial charge in [-0.2, -0.15) is 0 Å². The molecule has 40 heavy (non-hydrogen) atoms. The van der Waals surface area contributed by atoms with Crippen molar-refractivity contribution in [2.45, 2.75) is 51.9 Å². The van der Waals surface area contributed by atoms with Crippen LogP contribution in [0.2, 0.25) is 5.02 Å². The SMILES string of the molecule is CC(C)(C)OC(=O)NCc1cccc(C2=NC(CC(=O)NCc3ccccc3F)C(=O)Nc3ccc(Cl)cc32)c1. The molecule has 0 saturated carbocycles. The third-order valence-electron chi connectivity index (χ3n) is 5.93. The number of nitrogens with zero attached hydrogens (tertiary/aromatic N) is 1. The van der Waals surface area contributed by atoms with Gasteiger partial charge < -0.3 is 20.7 Å². The van der Waals surface area contributed by atoms with E-state index in [1.807, 2.05) is 24.3 Å². The Kier molecular flexibility index (Phi) is 8.84. The highest BCUT2D eigenvalue weighted by Crippen LogP contribution is 2.28. The van der Waals surface area contributed by atoms with Crippen LogP contribution in [-0.4, -0.2) is 35.3 Å². The summed E-state index contributed by atoms with van der Waals surface area (Å²) in [5, 5.41) is 8.68. The van der Waals surface area contributed by atoms with E-state index in [9.17, 15) is 18.8 Å². The lowest BCUT2D eigenvalue weighted by Crippen LogP contribution is -2.33. The van der Waals surface area contributed by atoms with Crippen LogP contribution in [0.25, 0.3) is 0 Å². The van der Waals surface area contributed by atoms with Gasteiger partial charge in [-0.3, -0.25) is 14.6 Å². The molecule has 1 aliphatic rings. The summed E-state index contributed by atoms with van der Waals surface area (Å²) in [6.45, 7) is 5.54. The summed E-state index contributed by atoms with van der Waals surface area (Å²) in [7, 11) is 0. The first kappa shape index (κ1) is 28.8. The third kappa shape index (κ3) is 7.66. The minimum atomic E-state index is -1.05. The van der Waals surface area contributed by atoms with Crippen LogP contribution in [0.5, 0.6) is 0 Å². The van der Waals surface area contributed by atoms with Gasteiger partial charge in [0.1, 0.15) is 17.5 Å². The van der Waals surface area contributed by atoms with Gasteiger partial charge in [0.05, 0.1) is 17.8 Å². The molecule has 1 aliphatic heterocycles. The highest BCUT2D eigenvalue weighted by atomic mass is 35.5. The molecule has 208 valence electrons. The zero-order chi connectivity index (χ0) is 28.9. The molecule has 0 aromatic heterocycles. The molecule has 0 radical (unpaired) electrons. The molecule has 0 fully saturated rings. The molecule has 1 heterocycles. The molecule has 0 bridgehead atoms. The lowest BCUT2D eigenvalue weighted by molar-refractivity contribution is -0.125. The number of anilines is 1. The number of carbonyl (C=O) groups is 3. The number of amides is 3. The standard InChI is InChI=1S/C30H30ClFN4O4/c1-30(2,3)40-29(39)34-16-18-7-6-9-19(13-18)27-22-14-21(31)11-12-24(22)36-28(38)25(35-27)15-26(37)33-17-20-8-4-5-10-23(20)32/h4-14,25H,15-17H2,1-3H3,(H,33,37)(H,34,39)(H,36,38). The molecule has 0 saturated heterocycles. The van der Waals surface area contributed by atoms with Crippen molar-refractivity contribution in [2.24, 2.45) is 4.99 Å². The van der Waals surface area contributed by atoms with Crippen LogP contribution in [0.4, 0.5) is 14.9 Å². The largest absolute Gasteiger partial charge is 0.444 e. The lowest BCUT2D eigenvalue weighted by Gasteiger charge is -2.19. The first-order valence-electron chi connectivity index (χ1n) is 12.7. The zero-order valence-corrected chi connectivity index (χ0v) is 23.1. The summed E-state index contributed by atoms with van der Waals surface area (Å²) < 4.78 is 19.3. The summed E-state index contributed by atoms with van der Waals surface area (Å²) in [6, 6.07) is 17.4. The fraction of sp³-hybridized carbons (Fsp3) is 0.267. The summed E-state index contributed by atoms with van der Waals surface area (Å²) in [4.78, 5) is 42.7. The van der Waals surface area contributed by atoms with Crippen molar-refractivity contribution in [1.29, 1.82) is 0 Å². The van der Waals surface area contributed by atoms with Crippen molar-refractivity contribution in [3.05, 3.63) is 99.8 Å². The van der Waals surface area contributed by atoms with Crippen molar-refractivity contribution in [3.63, 3.8) is 0 Å². The molecule has 1 unspecified atom stereocenters. The molecule has 3 amide bonds. The van der Waals surface area contributed by atoms with E-state index in [0.29, 0.717) is 33.1 Å². The van der Waals surface area contributed by atoms with Crippen LogP contribution in [0, 0.1) is 5.82 Å². The Bertz CT molecular complexity index is 1470. The number of carbonyl (C=O) groups excluding carboxylic acids is 3. The lowest BCUT2D eigenvalue weighted by atomic mass is 9.98. The zero-order valence-electron chi connectivity index (χ0n) is 22.4. The molecular weight excluding hydrogens is 535 g/mol. The molecule has 3 aromatic carbocycles. The maximum absolute atomic E-state index is 14.0. The van der Waals surface area contributed by atoms with Gasteiger partial charge >= 0.3 is 6.09 Å². The molecule has 3 N–H and O–H groups in total. The number of ether oxygens (including phenoxy) is 1. The Morgan fingerprint density at radius 3 is 2.55 bits per heavy atom. The summed E-state index contributed by atoms with van der Waals surface area (Å²) >= 11 is 6.30. The van der Waals surface area contributed by atoms with E-state index < -0.39 is 35.4 Å². The quantitative estimate of drug-likeness (QED) is 0.358. The Morgan fingerprint density at radius 1 is 1.02 bits per heavy atom. The van der Waals surface area contributed by atoms with E-state index in [1.165, 1.54) is 6.07 Å². The topological polar surface area (TPSA) is 109 Å². The number of halogens is 2. The molecule has 0 aliphatic carbocycles. The second-order valence-electron chi connectivity index (χ2n) is 10.3. The van der Waals surface area contributed by atoms with E-state index in [0.717, 1.165) is 5.56 Å². The van der Waals surface area contributed by atoms with E-state index in [-0.39, 0.29) is 19.5 Å². The monoisotopic (exact) mass is 564 g/mol. The number of nitrogens with one attached hydrogen (secondary N) is 3. The van der Waals surface area contributed by atoms with Gasteiger partial charge in [0.25, 0.3) is 0 Å². The van der Waals surface area contributed by atoms with Crippen molar-refractivity contribution >= 4 is 40.9 Å². The first-order valence-corrected chi connectivity index (χ1v) is 13.1. The Balaban J connectivity index is 1.59. The van der Waals surface area contributed by atoms with Gasteiger partial charge in [-0.1, -0.05) is 48.0 Å². The molecule has 4 rings (SSSR count). The Hall–Kier alpha value is -4.24. The minimum Gasteiger partial charge on any atom is -0.444 e. The van der Waals surface area contributed by atoms with Crippen molar-refractivity contribution in [2.75, 3.05) is 5.32 Å². The maximum Gasteiger partial charge on any atom is 0.407 e. The molecule has 0 spiro atoms. The van der Waals surface area contributed by atoms with Gasteiger partial charge in [0.2, 0.25) is 11.8 Å². The van der Waals surface area contributed by atoms with Crippen molar-refractivity contribution in [3.8, 4) is 0 Å². The van der Waals surface area contributed by atoms with Crippen LogP contribution in [0.15, 0.2) is 71.7 Å². The van der Waals surface area contributed by atoms with Crippen molar-refractivity contribution in [1.82, 2.24) is 10.6 Å². The molecule has 1 atom stereocenters. The number of aliphatic imine (C=N–C) groups is 1. The number of fused-ring (bicyclic) bond motifs is 1. The fourth-order valence-corrected chi connectivity index (χ4v) is 4.26. The highest BCUT2D eigenvalue weighted by molar-refractivity contribution is 6.32. The summed E-state index contributed by atoms with van der Waals surface area (Å²) in [5.74, 6) is -1.34. The number of hydrogen-bond donors (Lipinski definition) is 3. The highest BCUT2D eigenvalue weighted by Gasteiger charge is 2.28. The predicted molar refractivity (Wildman–Crippen MR) is 152 cm³/mol. The van der Waals surface area contributed by atoms with Crippen LogP contribution in [0.3, 0.4) is 0 Å². The van der Waals surface area contributed by atoms with Gasteiger partial charge in [0.15, 0.2) is 0 Å². The van der Waals surface area contributed by atoms with Gasteiger partial charge in [-0.15, -0.1) is 0 Å². The number of benzene rings is 3.